The number of thioether (sulfide) groups is 1. The number of para-hydroxylation sites is 1. The molecule has 0 radical (unpaired) electrons. The van der Waals surface area contributed by atoms with Crippen molar-refractivity contribution >= 4 is 39.4 Å². The summed E-state index contributed by atoms with van der Waals surface area (Å²) in [6.07, 6.45) is 1.87. The van der Waals surface area contributed by atoms with E-state index in [0.717, 1.165) is 16.3 Å². The highest BCUT2D eigenvalue weighted by Gasteiger charge is 2.30. The number of ether oxygens (including phenoxy) is 2. The second kappa shape index (κ2) is 8.92. The maximum Gasteiger partial charge on any atom is 0.340 e. The van der Waals surface area contributed by atoms with Crippen LogP contribution in [-0.4, -0.2) is 47.4 Å². The summed E-state index contributed by atoms with van der Waals surface area (Å²) >= 11 is 1.47. The first-order valence-corrected chi connectivity index (χ1v) is 10.4. The number of hydrogen-bond acceptors (Lipinski definition) is 7. The molecular weight excluding hydrogens is 390 g/mol. The smallest absolute Gasteiger partial charge is 0.340 e. The van der Waals surface area contributed by atoms with Gasteiger partial charge in [-0.25, -0.2) is 13.2 Å². The summed E-state index contributed by atoms with van der Waals surface area (Å²) in [4.78, 5) is 24.8. The Bertz CT molecular complexity index is 925. The molecule has 0 aliphatic heterocycles. The molecule has 0 atom stereocenters. The Kier molecular flexibility index (Phi) is 6.86. The van der Waals surface area contributed by atoms with E-state index >= 15 is 0 Å². The van der Waals surface area contributed by atoms with Gasteiger partial charge in [0.05, 0.1) is 30.4 Å². The van der Waals surface area contributed by atoms with Crippen molar-refractivity contribution in [2.24, 2.45) is 0 Å². The molecule has 2 aromatic carbocycles. The molecule has 0 saturated carbocycles. The zero-order valence-electron chi connectivity index (χ0n) is 15.0. The summed E-state index contributed by atoms with van der Waals surface area (Å²) in [7, 11) is -1.78. The molecule has 0 saturated heterocycles. The first-order chi connectivity index (χ1) is 12.8. The average molecular weight is 409 g/mol. The Morgan fingerprint density at radius 2 is 1.63 bits per heavy atom. The van der Waals surface area contributed by atoms with Crippen LogP contribution in [0.1, 0.15) is 10.4 Å². The van der Waals surface area contributed by atoms with Crippen LogP contribution in [0.2, 0.25) is 0 Å². The molecule has 7 nitrogen and oxygen atoms in total. The zero-order chi connectivity index (χ0) is 20.0. The third-order valence-corrected chi connectivity index (χ3v) is 6.24. The predicted molar refractivity (Wildman–Crippen MR) is 103 cm³/mol. The zero-order valence-corrected chi connectivity index (χ0v) is 16.7. The van der Waals surface area contributed by atoms with E-state index in [1.54, 1.807) is 24.3 Å². The largest absolute Gasteiger partial charge is 0.468 e. The van der Waals surface area contributed by atoms with Gasteiger partial charge in [-0.05, 0) is 42.7 Å². The summed E-state index contributed by atoms with van der Waals surface area (Å²) in [5, 5.41) is 0. The van der Waals surface area contributed by atoms with Crippen molar-refractivity contribution in [3.63, 3.8) is 0 Å². The molecule has 0 N–H and O–H groups in total. The van der Waals surface area contributed by atoms with Gasteiger partial charge in [-0.1, -0.05) is 12.1 Å². The number of sulfonamides is 1. The molecule has 0 aliphatic carbocycles. The summed E-state index contributed by atoms with van der Waals surface area (Å²) in [5.41, 5.74) is 0.0527. The number of methoxy groups -OCH3 is 2. The van der Waals surface area contributed by atoms with E-state index in [4.69, 9.17) is 4.74 Å². The van der Waals surface area contributed by atoms with E-state index in [9.17, 15) is 18.0 Å². The number of rotatable bonds is 7. The molecule has 0 spiro atoms. The number of carbonyl (C=O) groups is 2. The van der Waals surface area contributed by atoms with Crippen molar-refractivity contribution in [2.45, 2.75) is 9.79 Å². The Labute approximate surface area is 162 Å². The molecule has 2 rings (SSSR count). The van der Waals surface area contributed by atoms with E-state index in [1.807, 2.05) is 6.26 Å². The number of carbonyl (C=O) groups excluding carboxylic acids is 2. The molecule has 0 aliphatic rings. The maximum atomic E-state index is 13.2. The van der Waals surface area contributed by atoms with Gasteiger partial charge in [-0.3, -0.25) is 9.10 Å². The van der Waals surface area contributed by atoms with Crippen LogP contribution in [0, 0.1) is 0 Å². The fourth-order valence-electron chi connectivity index (χ4n) is 2.33. The Hall–Kier alpha value is -2.52. The van der Waals surface area contributed by atoms with Gasteiger partial charge in [-0.15, -0.1) is 11.8 Å². The van der Waals surface area contributed by atoms with Gasteiger partial charge >= 0.3 is 11.9 Å². The van der Waals surface area contributed by atoms with Crippen LogP contribution in [0.15, 0.2) is 58.3 Å². The standard InChI is InChI=1S/C18H19NO6S2/c1-24-17(20)12-19(16-7-5-4-6-15(16)18(21)25-2)27(22,23)14-10-8-13(26-3)9-11-14/h4-11H,12H2,1-3H3. The SMILES string of the molecule is COC(=O)CN(c1ccccc1C(=O)OC)S(=O)(=O)c1ccc(SC)cc1. The second-order valence-corrected chi connectivity index (χ2v) is 8.01. The highest BCUT2D eigenvalue weighted by Crippen LogP contribution is 2.28. The number of nitrogens with zero attached hydrogens (tertiary/aromatic N) is 1. The van der Waals surface area contributed by atoms with Gasteiger partial charge in [0.2, 0.25) is 0 Å². The number of esters is 2. The lowest BCUT2D eigenvalue weighted by Gasteiger charge is -2.25. The summed E-state index contributed by atoms with van der Waals surface area (Å²) in [6.45, 7) is -0.586. The average Bonchev–Trinajstić information content (AvgIpc) is 2.71. The van der Waals surface area contributed by atoms with Gasteiger partial charge in [0.1, 0.15) is 6.54 Å². The molecule has 0 bridgehead atoms. The van der Waals surface area contributed by atoms with Crippen LogP contribution in [0.4, 0.5) is 5.69 Å². The number of benzene rings is 2. The number of anilines is 1. The van der Waals surface area contributed by atoms with E-state index in [2.05, 4.69) is 4.74 Å². The lowest BCUT2D eigenvalue weighted by atomic mass is 10.2. The van der Waals surface area contributed by atoms with Crippen molar-refractivity contribution in [3.8, 4) is 0 Å². The lowest BCUT2D eigenvalue weighted by molar-refractivity contribution is -0.138. The summed E-state index contributed by atoms with van der Waals surface area (Å²) in [5.74, 6) is -1.48. The molecule has 144 valence electrons. The molecule has 0 amide bonds. The number of hydrogen-bond donors (Lipinski definition) is 0. The van der Waals surface area contributed by atoms with Crippen molar-refractivity contribution in [2.75, 3.05) is 31.3 Å². The summed E-state index contributed by atoms with van der Waals surface area (Å²) < 4.78 is 36.6. The Balaban J connectivity index is 2.61. The quantitative estimate of drug-likeness (QED) is 0.513. The normalized spacial score (nSPS) is 10.9. The third-order valence-electron chi connectivity index (χ3n) is 3.73. The minimum absolute atomic E-state index is 0.0103. The van der Waals surface area contributed by atoms with E-state index in [1.165, 1.54) is 43.1 Å². The minimum Gasteiger partial charge on any atom is -0.468 e. The molecule has 9 heteroatoms. The van der Waals surface area contributed by atoms with Crippen molar-refractivity contribution < 1.29 is 27.5 Å². The fourth-order valence-corrected chi connectivity index (χ4v) is 4.17. The van der Waals surface area contributed by atoms with Crippen LogP contribution in [0.3, 0.4) is 0 Å². The molecule has 0 heterocycles. The highest BCUT2D eigenvalue weighted by molar-refractivity contribution is 7.98. The minimum atomic E-state index is -4.13. The van der Waals surface area contributed by atoms with Crippen molar-refractivity contribution in [3.05, 3.63) is 54.1 Å². The van der Waals surface area contributed by atoms with Gasteiger partial charge in [0.15, 0.2) is 0 Å². The van der Waals surface area contributed by atoms with Crippen molar-refractivity contribution in [1.82, 2.24) is 0 Å². The van der Waals surface area contributed by atoms with Crippen LogP contribution in [0.5, 0.6) is 0 Å². The maximum absolute atomic E-state index is 13.2. The van der Waals surface area contributed by atoms with Crippen LogP contribution < -0.4 is 4.31 Å². The summed E-state index contributed by atoms with van der Waals surface area (Å²) in [6, 6.07) is 12.2. The van der Waals surface area contributed by atoms with E-state index in [-0.39, 0.29) is 16.1 Å². The molecule has 0 unspecified atom stereocenters. The monoisotopic (exact) mass is 409 g/mol. The molecule has 0 fully saturated rings. The molecule has 0 aromatic heterocycles. The highest BCUT2D eigenvalue weighted by atomic mass is 32.2. The van der Waals surface area contributed by atoms with Crippen LogP contribution in [-0.2, 0) is 24.3 Å². The Morgan fingerprint density at radius 3 is 2.19 bits per heavy atom. The fraction of sp³-hybridized carbons (Fsp3) is 0.222. The first-order valence-electron chi connectivity index (χ1n) is 7.76. The first kappa shape index (κ1) is 20.8. The van der Waals surface area contributed by atoms with Gasteiger partial charge in [0, 0.05) is 4.90 Å². The van der Waals surface area contributed by atoms with E-state index < -0.39 is 28.5 Å². The van der Waals surface area contributed by atoms with Crippen LogP contribution >= 0.6 is 11.8 Å². The third kappa shape index (κ3) is 4.61. The van der Waals surface area contributed by atoms with Gasteiger partial charge in [-0.2, -0.15) is 0 Å². The second-order valence-electron chi connectivity index (χ2n) is 5.27. The van der Waals surface area contributed by atoms with Crippen LogP contribution in [0.25, 0.3) is 0 Å². The molecule has 2 aromatic rings. The van der Waals surface area contributed by atoms with Gasteiger partial charge < -0.3 is 9.47 Å². The van der Waals surface area contributed by atoms with E-state index in [0.29, 0.717) is 0 Å². The molecule has 27 heavy (non-hydrogen) atoms. The molecular formula is C18H19NO6S2. The van der Waals surface area contributed by atoms with Gasteiger partial charge in [0.25, 0.3) is 10.0 Å². The Morgan fingerprint density at radius 1 is 1.00 bits per heavy atom. The van der Waals surface area contributed by atoms with Crippen molar-refractivity contribution in [1.29, 1.82) is 0 Å². The predicted octanol–water partition coefficient (Wildman–Crippen LogP) is 2.56. The lowest BCUT2D eigenvalue weighted by Crippen LogP contribution is -2.37. The topological polar surface area (TPSA) is 90.0 Å².